The summed E-state index contributed by atoms with van der Waals surface area (Å²) in [6.07, 6.45) is 10.7. The minimum absolute atomic E-state index is 0.0806. The van der Waals surface area contributed by atoms with Crippen LogP contribution < -0.4 is 14.2 Å². The van der Waals surface area contributed by atoms with Crippen molar-refractivity contribution in [2.45, 2.75) is 73.0 Å². The molecule has 12 nitrogen and oxygen atoms in total. The number of nitrogens with zero attached hydrogens (tertiary/aromatic N) is 2. The summed E-state index contributed by atoms with van der Waals surface area (Å²) in [5.74, 6) is 3.28. The average Bonchev–Trinajstić information content (AvgIpc) is 3.58. The number of hydrogen-bond acceptors (Lipinski definition) is 10. The number of likely N-dealkylation sites (N-methyl/N-ethyl adjacent to an activating group) is 2. The number of methoxy groups -OCH3 is 1. The van der Waals surface area contributed by atoms with Crippen molar-refractivity contribution in [3.05, 3.63) is 70.8 Å². The Morgan fingerprint density at radius 1 is 0.771 bits per heavy atom. The molecule has 10 rings (SSSR count). The Morgan fingerprint density at radius 3 is 1.73 bits per heavy atom. The number of phenolic OH excluding ortho intramolecular Hbond substituents is 1. The van der Waals surface area contributed by atoms with Crippen molar-refractivity contribution in [2.24, 2.45) is 11.8 Å². The molecule has 0 amide bonds. The zero-order valence-electron chi connectivity index (χ0n) is 27.1. The molecule has 8 aliphatic rings. The van der Waals surface area contributed by atoms with Gasteiger partial charge in [0.1, 0.15) is 24.4 Å². The van der Waals surface area contributed by atoms with E-state index in [1.54, 1.807) is 13.2 Å². The van der Waals surface area contributed by atoms with E-state index in [0.717, 1.165) is 50.3 Å². The maximum Gasteiger partial charge on any atom is 0.394 e. The first-order chi connectivity index (χ1) is 22.8. The largest absolute Gasteiger partial charge is 0.504 e. The molecule has 13 heteroatoms. The fourth-order valence-electron chi connectivity index (χ4n) is 10.6. The molecule has 0 saturated carbocycles. The lowest BCUT2D eigenvalue weighted by atomic mass is 9.53. The summed E-state index contributed by atoms with van der Waals surface area (Å²) in [6.45, 7) is 2.06. The lowest BCUT2D eigenvalue weighted by Crippen LogP contribution is -2.64. The Labute approximate surface area is 279 Å². The van der Waals surface area contributed by atoms with Gasteiger partial charge in [0.15, 0.2) is 23.0 Å². The van der Waals surface area contributed by atoms with Gasteiger partial charge in [0.05, 0.1) is 7.11 Å². The molecule has 2 saturated heterocycles. The number of aliphatic hydroxyl groups excluding tert-OH is 2. The van der Waals surface area contributed by atoms with Crippen molar-refractivity contribution in [1.82, 2.24) is 9.80 Å². The summed E-state index contributed by atoms with van der Waals surface area (Å²) in [7, 11) is 1.43. The molecule has 0 unspecified atom stereocenters. The summed E-state index contributed by atoms with van der Waals surface area (Å²) in [5, 5.41) is 31.2. The highest BCUT2D eigenvalue weighted by molar-refractivity contribution is 7.79. The number of phenols is 1. The van der Waals surface area contributed by atoms with Crippen LogP contribution in [-0.2, 0) is 34.1 Å². The van der Waals surface area contributed by atoms with Crippen molar-refractivity contribution in [1.29, 1.82) is 0 Å². The predicted molar refractivity (Wildman–Crippen MR) is 174 cm³/mol. The van der Waals surface area contributed by atoms with E-state index in [2.05, 4.69) is 42.1 Å². The fourth-order valence-corrected chi connectivity index (χ4v) is 10.6. The van der Waals surface area contributed by atoms with Crippen LogP contribution in [0.15, 0.2) is 48.6 Å². The Bertz CT molecular complexity index is 1820. The minimum Gasteiger partial charge on any atom is -0.504 e. The first-order valence-corrected chi connectivity index (χ1v) is 17.9. The van der Waals surface area contributed by atoms with Crippen molar-refractivity contribution in [2.75, 3.05) is 34.3 Å². The molecule has 2 fully saturated rings. The molecule has 4 bridgehead atoms. The predicted octanol–water partition coefficient (Wildman–Crippen LogP) is 2.05. The van der Waals surface area contributed by atoms with E-state index in [-0.39, 0.29) is 28.8 Å². The third-order valence-electron chi connectivity index (χ3n) is 12.5. The quantitative estimate of drug-likeness (QED) is 0.220. The van der Waals surface area contributed by atoms with E-state index in [1.807, 2.05) is 24.3 Å². The Hall–Kier alpha value is -3.17. The van der Waals surface area contributed by atoms with E-state index >= 15 is 0 Å². The summed E-state index contributed by atoms with van der Waals surface area (Å²) < 4.78 is 49.5. The highest BCUT2D eigenvalue weighted by Crippen LogP contribution is 2.63. The third-order valence-corrected chi connectivity index (χ3v) is 12.5. The lowest BCUT2D eigenvalue weighted by Gasteiger charge is -2.56. The molecule has 0 radical (unpaired) electrons. The van der Waals surface area contributed by atoms with Crippen LogP contribution in [0.1, 0.15) is 35.1 Å². The molecule has 4 heterocycles. The number of likely N-dealkylation sites (tertiary alicyclic amines) is 2. The lowest BCUT2D eigenvalue weighted by molar-refractivity contribution is -0.0453. The number of aromatic hydroxyl groups is 1. The summed E-state index contributed by atoms with van der Waals surface area (Å²) in [6, 6.07) is 8.93. The van der Waals surface area contributed by atoms with E-state index in [1.165, 1.54) is 22.3 Å². The molecule has 4 aliphatic carbocycles. The first kappa shape index (κ1) is 32.1. The van der Waals surface area contributed by atoms with Crippen LogP contribution >= 0.6 is 0 Å². The molecule has 258 valence electrons. The van der Waals surface area contributed by atoms with E-state index in [0.29, 0.717) is 29.7 Å². The first-order valence-electron chi connectivity index (χ1n) is 16.5. The summed E-state index contributed by atoms with van der Waals surface area (Å²) >= 11 is 0. The normalized spacial score (nSPS) is 38.6. The van der Waals surface area contributed by atoms with Gasteiger partial charge in [-0.1, -0.05) is 36.4 Å². The number of ether oxygens (including phenoxy) is 3. The SMILES string of the molecule is CN1CC[C@]23c4c5ccc(O)c4O[C@H]2[C@@H](O)C=C[C@H]3[C@H]1C5.COc1ccc2c3c1O[C@H]1[C@@H](O)C=C[C@H]4[C@@H](C2)N(C)CC[C@@]341.O=S(=O)(O)O. The second-order valence-corrected chi connectivity index (χ2v) is 15.4. The molecule has 2 aromatic carbocycles. The molecular weight excluding hydrogens is 640 g/mol. The molecule has 4 aliphatic heterocycles. The van der Waals surface area contributed by atoms with Crippen molar-refractivity contribution >= 4 is 10.4 Å². The zero-order valence-corrected chi connectivity index (χ0v) is 27.9. The van der Waals surface area contributed by atoms with Gasteiger partial charge in [-0.25, -0.2) is 0 Å². The molecule has 48 heavy (non-hydrogen) atoms. The van der Waals surface area contributed by atoms with Gasteiger partial charge in [0.2, 0.25) is 0 Å². The van der Waals surface area contributed by atoms with Gasteiger partial charge in [0, 0.05) is 45.9 Å². The van der Waals surface area contributed by atoms with Crippen LogP contribution in [0, 0.1) is 11.8 Å². The Kier molecular flexibility index (Phi) is 7.29. The standard InChI is InChI=1S/C18H21NO3.C17H19NO3.H2O4S/c1-19-8-7-18-11-4-5-13(20)17(18)22-16-14(21-2)6-3-10(15(16)18)9-12(11)19;1-18-7-6-17-10-3-5-13(20)16(17)21-15-12(19)4-2-9(14(15)17)8-11(10)18;1-5(2,3)4/h3-6,11-13,17,20H,7-9H2,1-2H3;2-5,10-11,13,16,19-20H,6-8H2,1H3;(H2,1,2,3,4)/t11-,12+,13-,17-,18-;10-,11+,13-,16-,17-;/m00./s1. The highest BCUT2D eigenvalue weighted by atomic mass is 32.3. The smallest absolute Gasteiger partial charge is 0.394 e. The van der Waals surface area contributed by atoms with Gasteiger partial charge in [-0.2, -0.15) is 8.42 Å². The average molecular weight is 683 g/mol. The van der Waals surface area contributed by atoms with Gasteiger partial charge < -0.3 is 39.3 Å². The van der Waals surface area contributed by atoms with Crippen molar-refractivity contribution in [3.63, 3.8) is 0 Å². The van der Waals surface area contributed by atoms with Crippen LogP contribution in [0.2, 0.25) is 0 Å². The second-order valence-electron chi connectivity index (χ2n) is 14.5. The van der Waals surface area contributed by atoms with Crippen LogP contribution in [0.4, 0.5) is 0 Å². The maximum atomic E-state index is 10.6. The Balaban J connectivity index is 0.000000123. The second kappa shape index (κ2) is 10.9. The van der Waals surface area contributed by atoms with Gasteiger partial charge in [-0.3, -0.25) is 9.11 Å². The molecular formula is C35H42N2O10S. The van der Waals surface area contributed by atoms with Gasteiger partial charge in [-0.05, 0) is 76.1 Å². The van der Waals surface area contributed by atoms with E-state index < -0.39 is 22.6 Å². The molecule has 2 aromatic rings. The van der Waals surface area contributed by atoms with Crippen LogP contribution in [0.5, 0.6) is 23.0 Å². The number of aliphatic hydroxyl groups is 2. The monoisotopic (exact) mass is 682 g/mol. The van der Waals surface area contributed by atoms with Crippen LogP contribution in [0.3, 0.4) is 0 Å². The van der Waals surface area contributed by atoms with Crippen LogP contribution in [-0.4, -0.2) is 113 Å². The van der Waals surface area contributed by atoms with Crippen molar-refractivity contribution in [3.8, 4) is 23.0 Å². The summed E-state index contributed by atoms with van der Waals surface area (Å²) in [5.41, 5.74) is 4.89. The number of benzene rings is 2. The molecule has 0 aromatic heterocycles. The minimum atomic E-state index is -4.67. The fraction of sp³-hybridized carbons (Fsp3) is 0.543. The van der Waals surface area contributed by atoms with Gasteiger partial charge in [-0.15, -0.1) is 0 Å². The number of hydrogen-bond donors (Lipinski definition) is 5. The third kappa shape index (κ3) is 4.38. The number of piperidine rings is 2. The van der Waals surface area contributed by atoms with Gasteiger partial charge in [0.25, 0.3) is 0 Å². The van der Waals surface area contributed by atoms with Gasteiger partial charge >= 0.3 is 10.4 Å². The van der Waals surface area contributed by atoms with E-state index in [9.17, 15) is 15.3 Å². The Morgan fingerprint density at radius 2 is 1.23 bits per heavy atom. The number of rotatable bonds is 1. The van der Waals surface area contributed by atoms with Crippen LogP contribution in [0.25, 0.3) is 0 Å². The van der Waals surface area contributed by atoms with Crippen molar-refractivity contribution < 1.29 is 47.1 Å². The molecule has 2 spiro atoms. The highest BCUT2D eigenvalue weighted by Gasteiger charge is 2.65. The molecule has 10 atom stereocenters. The zero-order chi connectivity index (χ0) is 33.9. The molecule has 5 N–H and O–H groups in total. The summed E-state index contributed by atoms with van der Waals surface area (Å²) in [4.78, 5) is 4.91. The maximum absolute atomic E-state index is 10.6. The van der Waals surface area contributed by atoms with E-state index in [4.69, 9.17) is 31.7 Å². The topological polar surface area (TPSA) is 169 Å².